The van der Waals surface area contributed by atoms with Gasteiger partial charge in [-0.3, -0.25) is 19.6 Å². The van der Waals surface area contributed by atoms with E-state index in [9.17, 15) is 14.9 Å². The molecule has 8 heteroatoms. The molecule has 24 heavy (non-hydrogen) atoms. The number of carbonyl (C=O) groups is 1. The average Bonchev–Trinajstić information content (AvgIpc) is 3.27. The number of aryl methyl sites for hydroxylation is 1. The fourth-order valence-corrected chi connectivity index (χ4v) is 2.50. The van der Waals surface area contributed by atoms with Crippen LogP contribution in [0.3, 0.4) is 0 Å². The summed E-state index contributed by atoms with van der Waals surface area (Å²) in [5, 5.41) is 18.5. The SMILES string of the molecule is CN(Cc1cnn(C)c1)C(=O)c1ccc(NC2CC2)c([N+](=O)[O-])c1. The van der Waals surface area contributed by atoms with E-state index in [2.05, 4.69) is 10.4 Å². The van der Waals surface area contributed by atoms with Crippen LogP contribution in [0.25, 0.3) is 0 Å². The van der Waals surface area contributed by atoms with Gasteiger partial charge >= 0.3 is 0 Å². The van der Waals surface area contributed by atoms with Crippen molar-refractivity contribution in [2.24, 2.45) is 7.05 Å². The summed E-state index contributed by atoms with van der Waals surface area (Å²) in [6.07, 6.45) is 5.56. The molecule has 0 bridgehead atoms. The monoisotopic (exact) mass is 329 g/mol. The molecule has 3 rings (SSSR count). The third-order valence-electron chi connectivity index (χ3n) is 3.90. The number of aromatic nitrogens is 2. The standard InChI is InChI=1S/C16H19N5O3/c1-19(9-11-8-17-20(2)10-11)16(22)12-3-6-14(18-13-4-5-13)15(7-12)21(23)24/h3,6-8,10,13,18H,4-5,9H2,1-2H3. The zero-order chi connectivity index (χ0) is 17.3. The molecular formula is C16H19N5O3. The number of benzene rings is 1. The lowest BCUT2D eigenvalue weighted by molar-refractivity contribution is -0.384. The van der Waals surface area contributed by atoms with Crippen LogP contribution in [-0.4, -0.2) is 38.6 Å². The molecule has 0 unspecified atom stereocenters. The van der Waals surface area contributed by atoms with Gasteiger partial charge in [0.25, 0.3) is 11.6 Å². The maximum Gasteiger partial charge on any atom is 0.293 e. The van der Waals surface area contributed by atoms with Crippen LogP contribution in [0, 0.1) is 10.1 Å². The zero-order valence-electron chi connectivity index (χ0n) is 13.6. The number of nitro benzene ring substituents is 1. The molecule has 126 valence electrons. The van der Waals surface area contributed by atoms with Gasteiger partial charge in [0.15, 0.2) is 0 Å². The Bertz CT molecular complexity index is 782. The molecule has 0 spiro atoms. The van der Waals surface area contributed by atoms with Crippen molar-refractivity contribution in [3.63, 3.8) is 0 Å². The molecular weight excluding hydrogens is 310 g/mol. The summed E-state index contributed by atoms with van der Waals surface area (Å²) in [5.74, 6) is -0.264. The first-order valence-corrected chi connectivity index (χ1v) is 7.72. The Balaban J connectivity index is 1.78. The number of anilines is 1. The Hall–Kier alpha value is -2.90. The topological polar surface area (TPSA) is 93.3 Å². The third kappa shape index (κ3) is 3.53. The number of rotatable bonds is 6. The first kappa shape index (κ1) is 16.0. The molecule has 0 radical (unpaired) electrons. The summed E-state index contributed by atoms with van der Waals surface area (Å²) in [6, 6.07) is 4.88. The lowest BCUT2D eigenvalue weighted by Crippen LogP contribution is -2.26. The summed E-state index contributed by atoms with van der Waals surface area (Å²) in [7, 11) is 3.47. The van der Waals surface area contributed by atoms with Crippen molar-refractivity contribution in [3.05, 3.63) is 51.8 Å². The fourth-order valence-electron chi connectivity index (χ4n) is 2.50. The highest BCUT2D eigenvalue weighted by Gasteiger charge is 2.26. The number of hydrogen-bond donors (Lipinski definition) is 1. The van der Waals surface area contributed by atoms with Gasteiger partial charge in [-0.25, -0.2) is 0 Å². The van der Waals surface area contributed by atoms with Gasteiger partial charge in [0, 0.05) is 50.1 Å². The van der Waals surface area contributed by atoms with Crippen LogP contribution >= 0.6 is 0 Å². The van der Waals surface area contributed by atoms with Crippen molar-refractivity contribution in [2.45, 2.75) is 25.4 Å². The van der Waals surface area contributed by atoms with Gasteiger partial charge in [-0.2, -0.15) is 5.10 Å². The molecule has 1 amide bonds. The number of carbonyl (C=O) groups excluding carboxylic acids is 1. The molecule has 1 aromatic carbocycles. The quantitative estimate of drug-likeness (QED) is 0.647. The minimum Gasteiger partial charge on any atom is -0.377 e. The lowest BCUT2D eigenvalue weighted by Gasteiger charge is -2.16. The van der Waals surface area contributed by atoms with E-state index >= 15 is 0 Å². The van der Waals surface area contributed by atoms with E-state index < -0.39 is 4.92 Å². The number of nitrogens with zero attached hydrogens (tertiary/aromatic N) is 4. The second-order valence-corrected chi connectivity index (χ2v) is 6.09. The summed E-state index contributed by atoms with van der Waals surface area (Å²) in [5.41, 5.74) is 1.60. The van der Waals surface area contributed by atoms with E-state index in [1.807, 2.05) is 6.20 Å². The van der Waals surface area contributed by atoms with Crippen LogP contribution in [0.1, 0.15) is 28.8 Å². The number of hydrogen-bond acceptors (Lipinski definition) is 5. The molecule has 1 aliphatic rings. The summed E-state index contributed by atoms with van der Waals surface area (Å²) < 4.78 is 1.66. The molecule has 1 heterocycles. The second kappa shape index (κ2) is 6.31. The van der Waals surface area contributed by atoms with Crippen LogP contribution in [0.5, 0.6) is 0 Å². The zero-order valence-corrected chi connectivity index (χ0v) is 13.6. The van der Waals surface area contributed by atoms with Crippen LogP contribution in [0.4, 0.5) is 11.4 Å². The molecule has 1 aliphatic carbocycles. The van der Waals surface area contributed by atoms with Crippen LogP contribution in [0.15, 0.2) is 30.6 Å². The Morgan fingerprint density at radius 2 is 2.25 bits per heavy atom. The van der Waals surface area contributed by atoms with Crippen molar-refractivity contribution >= 4 is 17.3 Å². The predicted octanol–water partition coefficient (Wildman–Crippen LogP) is 2.17. The van der Waals surface area contributed by atoms with Gasteiger partial charge in [0.1, 0.15) is 5.69 Å². The molecule has 1 aromatic heterocycles. The van der Waals surface area contributed by atoms with E-state index in [1.165, 1.54) is 11.0 Å². The normalized spacial score (nSPS) is 13.6. The smallest absolute Gasteiger partial charge is 0.293 e. The van der Waals surface area contributed by atoms with Crippen molar-refractivity contribution in [1.82, 2.24) is 14.7 Å². The molecule has 2 aromatic rings. The molecule has 1 fully saturated rings. The third-order valence-corrected chi connectivity index (χ3v) is 3.90. The number of nitro groups is 1. The van der Waals surface area contributed by atoms with E-state index in [1.54, 1.807) is 37.1 Å². The summed E-state index contributed by atoms with van der Waals surface area (Å²) in [6.45, 7) is 0.391. The minimum absolute atomic E-state index is 0.0671. The highest BCUT2D eigenvalue weighted by Crippen LogP contribution is 2.31. The van der Waals surface area contributed by atoms with E-state index in [4.69, 9.17) is 0 Å². The van der Waals surface area contributed by atoms with Crippen molar-refractivity contribution in [2.75, 3.05) is 12.4 Å². The lowest BCUT2D eigenvalue weighted by atomic mass is 10.1. The van der Waals surface area contributed by atoms with Gasteiger partial charge in [-0.1, -0.05) is 0 Å². The summed E-state index contributed by atoms with van der Waals surface area (Å²) in [4.78, 5) is 24.9. The molecule has 1 N–H and O–H groups in total. The van der Waals surface area contributed by atoms with Crippen molar-refractivity contribution in [1.29, 1.82) is 0 Å². The highest BCUT2D eigenvalue weighted by molar-refractivity contribution is 5.95. The first-order chi connectivity index (χ1) is 11.4. The van der Waals surface area contributed by atoms with Crippen LogP contribution in [0.2, 0.25) is 0 Å². The Morgan fingerprint density at radius 3 is 2.83 bits per heavy atom. The van der Waals surface area contributed by atoms with Gasteiger partial charge in [0.2, 0.25) is 0 Å². The minimum atomic E-state index is -0.456. The predicted molar refractivity (Wildman–Crippen MR) is 88.7 cm³/mol. The molecule has 0 atom stereocenters. The maximum atomic E-state index is 12.5. The van der Waals surface area contributed by atoms with Crippen molar-refractivity contribution in [3.8, 4) is 0 Å². The van der Waals surface area contributed by atoms with Gasteiger partial charge in [-0.05, 0) is 25.0 Å². The van der Waals surface area contributed by atoms with E-state index in [0.717, 1.165) is 18.4 Å². The second-order valence-electron chi connectivity index (χ2n) is 6.09. The maximum absolute atomic E-state index is 12.5. The Kier molecular flexibility index (Phi) is 4.20. The average molecular weight is 329 g/mol. The fraction of sp³-hybridized carbons (Fsp3) is 0.375. The molecule has 1 saturated carbocycles. The molecule has 0 aliphatic heterocycles. The van der Waals surface area contributed by atoms with E-state index in [-0.39, 0.29) is 11.6 Å². The largest absolute Gasteiger partial charge is 0.377 e. The molecule has 0 saturated heterocycles. The number of amides is 1. The van der Waals surface area contributed by atoms with Crippen LogP contribution in [-0.2, 0) is 13.6 Å². The van der Waals surface area contributed by atoms with E-state index in [0.29, 0.717) is 23.8 Å². The highest BCUT2D eigenvalue weighted by atomic mass is 16.6. The van der Waals surface area contributed by atoms with Crippen molar-refractivity contribution < 1.29 is 9.72 Å². The van der Waals surface area contributed by atoms with Gasteiger partial charge in [-0.15, -0.1) is 0 Å². The summed E-state index contributed by atoms with van der Waals surface area (Å²) >= 11 is 0. The first-order valence-electron chi connectivity index (χ1n) is 7.72. The molecule has 8 nitrogen and oxygen atoms in total. The number of nitrogens with one attached hydrogen (secondary N) is 1. The van der Waals surface area contributed by atoms with Gasteiger partial charge < -0.3 is 10.2 Å². The Morgan fingerprint density at radius 1 is 1.50 bits per heavy atom. The Labute approximate surface area is 139 Å². The van der Waals surface area contributed by atoms with Crippen LogP contribution < -0.4 is 5.32 Å². The van der Waals surface area contributed by atoms with Gasteiger partial charge in [0.05, 0.1) is 11.1 Å².